The molecule has 1 N–H and O–H groups in total. The Labute approximate surface area is 174 Å². The van der Waals surface area contributed by atoms with E-state index >= 15 is 0 Å². The van der Waals surface area contributed by atoms with Crippen molar-refractivity contribution >= 4 is 40.8 Å². The molecule has 6 nitrogen and oxygen atoms in total. The van der Waals surface area contributed by atoms with Crippen molar-refractivity contribution in [3.05, 3.63) is 58.6 Å². The molecule has 0 bridgehead atoms. The summed E-state index contributed by atoms with van der Waals surface area (Å²) in [4.78, 5) is 28.4. The van der Waals surface area contributed by atoms with Crippen molar-refractivity contribution in [1.82, 2.24) is 9.80 Å². The summed E-state index contributed by atoms with van der Waals surface area (Å²) in [6.07, 6.45) is 0.700. The Balaban J connectivity index is 1.49. The number of nitrogens with one attached hydrogen (secondary N) is 1. The minimum Gasteiger partial charge on any atom is -0.484 e. The molecule has 0 unspecified atom stereocenters. The highest BCUT2D eigenvalue weighted by Gasteiger charge is 2.22. The standard InChI is InChI=1S/C20H21Cl2N3O3/c21-15-4-1-6-17(12-15)23-20(27)25-9-3-8-24(10-11-25)19(26)14-28-18-7-2-5-16(22)13-18/h1-2,4-7,12-13H,3,8-11,14H2,(H,23,27). The summed E-state index contributed by atoms with van der Waals surface area (Å²) in [5, 5.41) is 3.96. The molecule has 1 saturated heterocycles. The fourth-order valence-corrected chi connectivity index (χ4v) is 3.30. The van der Waals surface area contributed by atoms with E-state index in [0.717, 1.165) is 0 Å². The van der Waals surface area contributed by atoms with Crippen molar-refractivity contribution in [3.63, 3.8) is 0 Å². The summed E-state index contributed by atoms with van der Waals surface area (Å²) in [5.41, 5.74) is 0.643. The lowest BCUT2D eigenvalue weighted by Crippen LogP contribution is -2.40. The highest BCUT2D eigenvalue weighted by Crippen LogP contribution is 2.18. The van der Waals surface area contributed by atoms with E-state index in [1.165, 1.54) is 0 Å². The second-order valence-corrected chi connectivity index (χ2v) is 7.28. The number of benzene rings is 2. The topological polar surface area (TPSA) is 61.9 Å². The lowest BCUT2D eigenvalue weighted by Gasteiger charge is -2.22. The van der Waals surface area contributed by atoms with E-state index in [9.17, 15) is 9.59 Å². The van der Waals surface area contributed by atoms with Gasteiger partial charge in [-0.15, -0.1) is 0 Å². The third-order valence-corrected chi connectivity index (χ3v) is 4.84. The lowest BCUT2D eigenvalue weighted by molar-refractivity contribution is -0.133. The molecule has 0 aromatic heterocycles. The van der Waals surface area contributed by atoms with Crippen LogP contribution in [0.3, 0.4) is 0 Å². The molecule has 0 spiro atoms. The van der Waals surface area contributed by atoms with Gasteiger partial charge in [0.2, 0.25) is 0 Å². The second-order valence-electron chi connectivity index (χ2n) is 6.41. The van der Waals surface area contributed by atoms with Crippen LogP contribution in [-0.2, 0) is 4.79 Å². The zero-order valence-corrected chi connectivity index (χ0v) is 16.7. The number of hydrogen-bond donors (Lipinski definition) is 1. The Bertz CT molecular complexity index is 847. The summed E-state index contributed by atoms with van der Waals surface area (Å²) in [5.74, 6) is 0.440. The molecule has 0 radical (unpaired) electrons. The molecule has 2 aromatic rings. The molecule has 3 amide bonds. The van der Waals surface area contributed by atoms with Crippen LogP contribution in [0.15, 0.2) is 48.5 Å². The maximum Gasteiger partial charge on any atom is 0.321 e. The third-order valence-electron chi connectivity index (χ3n) is 4.37. The van der Waals surface area contributed by atoms with Gasteiger partial charge >= 0.3 is 6.03 Å². The first kappa shape index (κ1) is 20.3. The van der Waals surface area contributed by atoms with E-state index in [1.54, 1.807) is 58.3 Å². The number of halogens is 2. The number of anilines is 1. The fraction of sp³-hybridized carbons (Fsp3) is 0.300. The quantitative estimate of drug-likeness (QED) is 0.806. The first-order valence-corrected chi connectivity index (χ1v) is 9.74. The minimum atomic E-state index is -0.202. The fourth-order valence-electron chi connectivity index (χ4n) is 2.93. The van der Waals surface area contributed by atoms with E-state index < -0.39 is 0 Å². The van der Waals surface area contributed by atoms with Gasteiger partial charge in [0.1, 0.15) is 5.75 Å². The van der Waals surface area contributed by atoms with E-state index in [-0.39, 0.29) is 18.5 Å². The lowest BCUT2D eigenvalue weighted by atomic mass is 10.3. The van der Waals surface area contributed by atoms with E-state index in [0.29, 0.717) is 54.1 Å². The summed E-state index contributed by atoms with van der Waals surface area (Å²) in [6, 6.07) is 13.7. The number of nitrogens with zero attached hydrogens (tertiary/aromatic N) is 2. The third kappa shape index (κ3) is 5.78. The molecule has 2 aromatic carbocycles. The van der Waals surface area contributed by atoms with E-state index in [4.69, 9.17) is 27.9 Å². The molecule has 1 fully saturated rings. The molecule has 1 aliphatic heterocycles. The Morgan fingerprint density at radius 1 is 0.929 bits per heavy atom. The van der Waals surface area contributed by atoms with Gasteiger partial charge in [-0.2, -0.15) is 0 Å². The predicted molar refractivity (Wildman–Crippen MR) is 110 cm³/mol. The average Bonchev–Trinajstić information content (AvgIpc) is 2.92. The molecule has 148 valence electrons. The van der Waals surface area contributed by atoms with Gasteiger partial charge in [0.05, 0.1) is 0 Å². The van der Waals surface area contributed by atoms with Crippen LogP contribution in [0.1, 0.15) is 6.42 Å². The minimum absolute atomic E-state index is 0.0605. The van der Waals surface area contributed by atoms with E-state index in [2.05, 4.69) is 5.32 Å². The van der Waals surface area contributed by atoms with Gasteiger partial charge in [0, 0.05) is 41.9 Å². The maximum atomic E-state index is 12.5. The zero-order chi connectivity index (χ0) is 19.9. The SMILES string of the molecule is O=C(COc1cccc(Cl)c1)N1CCCN(C(=O)Nc2cccc(Cl)c2)CC1. The zero-order valence-electron chi connectivity index (χ0n) is 15.2. The van der Waals surface area contributed by atoms with Crippen molar-refractivity contribution in [3.8, 4) is 5.75 Å². The number of carbonyl (C=O) groups excluding carboxylic acids is 2. The maximum absolute atomic E-state index is 12.5. The first-order chi connectivity index (χ1) is 13.5. The average molecular weight is 422 g/mol. The monoisotopic (exact) mass is 421 g/mol. The molecule has 0 aliphatic carbocycles. The van der Waals surface area contributed by atoms with Crippen LogP contribution in [0.25, 0.3) is 0 Å². The van der Waals surface area contributed by atoms with E-state index in [1.807, 2.05) is 0 Å². The first-order valence-electron chi connectivity index (χ1n) is 8.99. The molecule has 8 heteroatoms. The number of ether oxygens (including phenoxy) is 1. The van der Waals surface area contributed by atoms with Crippen LogP contribution >= 0.6 is 23.2 Å². The number of hydrogen-bond acceptors (Lipinski definition) is 3. The number of urea groups is 1. The van der Waals surface area contributed by atoms with Gasteiger partial charge in [-0.05, 0) is 42.8 Å². The van der Waals surface area contributed by atoms with Crippen molar-refractivity contribution in [2.24, 2.45) is 0 Å². The molecule has 1 heterocycles. The van der Waals surface area contributed by atoms with Gasteiger partial charge in [0.15, 0.2) is 6.61 Å². The predicted octanol–water partition coefficient (Wildman–Crippen LogP) is 4.14. The van der Waals surface area contributed by atoms with Crippen molar-refractivity contribution in [1.29, 1.82) is 0 Å². The highest BCUT2D eigenvalue weighted by molar-refractivity contribution is 6.31. The van der Waals surface area contributed by atoms with Gasteiger partial charge in [-0.1, -0.05) is 35.3 Å². The summed E-state index contributed by atoms with van der Waals surface area (Å²) in [6.45, 7) is 2.01. The van der Waals surface area contributed by atoms with Crippen LogP contribution in [0.4, 0.5) is 10.5 Å². The van der Waals surface area contributed by atoms with Crippen LogP contribution in [0.2, 0.25) is 10.0 Å². The van der Waals surface area contributed by atoms with Crippen LogP contribution in [0.5, 0.6) is 5.75 Å². The highest BCUT2D eigenvalue weighted by atomic mass is 35.5. The van der Waals surface area contributed by atoms with Gasteiger partial charge in [-0.25, -0.2) is 4.79 Å². The summed E-state index contributed by atoms with van der Waals surface area (Å²) >= 11 is 11.9. The van der Waals surface area contributed by atoms with Crippen molar-refractivity contribution < 1.29 is 14.3 Å². The molecular formula is C20H21Cl2N3O3. The van der Waals surface area contributed by atoms with Crippen LogP contribution < -0.4 is 10.1 Å². The van der Waals surface area contributed by atoms with Gasteiger partial charge in [-0.3, -0.25) is 4.79 Å². The van der Waals surface area contributed by atoms with Crippen LogP contribution in [-0.4, -0.2) is 54.5 Å². The molecule has 1 aliphatic rings. The van der Waals surface area contributed by atoms with Crippen molar-refractivity contribution in [2.75, 3.05) is 38.1 Å². The summed E-state index contributed by atoms with van der Waals surface area (Å²) < 4.78 is 5.53. The Morgan fingerprint density at radius 3 is 2.36 bits per heavy atom. The molecule has 28 heavy (non-hydrogen) atoms. The number of rotatable bonds is 4. The molecule has 0 atom stereocenters. The Morgan fingerprint density at radius 2 is 1.61 bits per heavy atom. The normalized spacial score (nSPS) is 14.4. The largest absolute Gasteiger partial charge is 0.484 e. The smallest absolute Gasteiger partial charge is 0.321 e. The summed E-state index contributed by atoms with van der Waals surface area (Å²) in [7, 11) is 0. The molecular weight excluding hydrogens is 401 g/mol. The molecule has 3 rings (SSSR count). The Hall–Kier alpha value is -2.44. The second kappa shape index (κ2) is 9.66. The van der Waals surface area contributed by atoms with Crippen LogP contribution in [0, 0.1) is 0 Å². The van der Waals surface area contributed by atoms with Crippen molar-refractivity contribution in [2.45, 2.75) is 6.42 Å². The molecule has 0 saturated carbocycles. The van der Waals surface area contributed by atoms with Gasteiger partial charge in [0.25, 0.3) is 5.91 Å². The Kier molecular flexibility index (Phi) is 7.01. The number of carbonyl (C=O) groups is 2. The van der Waals surface area contributed by atoms with Gasteiger partial charge < -0.3 is 19.9 Å². The number of amides is 3.